The molecule has 26 heavy (non-hydrogen) atoms. The Morgan fingerprint density at radius 2 is 2.08 bits per heavy atom. The Kier molecular flexibility index (Phi) is 4.40. The first kappa shape index (κ1) is 16.3. The molecule has 8 heteroatoms. The maximum Gasteiger partial charge on any atom is 0.249 e. The molecule has 0 saturated carbocycles. The summed E-state index contributed by atoms with van der Waals surface area (Å²) in [6, 6.07) is 15.0. The lowest BCUT2D eigenvalue weighted by atomic mass is 10.1. The van der Waals surface area contributed by atoms with Crippen molar-refractivity contribution in [2.45, 2.75) is 19.4 Å². The maximum absolute atomic E-state index is 12.9. The summed E-state index contributed by atoms with van der Waals surface area (Å²) in [6.45, 7) is 1.97. The molecule has 1 N–H and O–H groups in total. The van der Waals surface area contributed by atoms with Gasteiger partial charge in [-0.05, 0) is 41.1 Å². The molecule has 4 aromatic rings. The minimum atomic E-state index is -0.536. The molecule has 130 valence electrons. The van der Waals surface area contributed by atoms with E-state index in [1.54, 1.807) is 11.3 Å². The van der Waals surface area contributed by atoms with Crippen LogP contribution in [0.3, 0.4) is 0 Å². The molecule has 2 aromatic carbocycles. The molecule has 0 fully saturated rings. The van der Waals surface area contributed by atoms with Gasteiger partial charge in [-0.1, -0.05) is 30.3 Å². The van der Waals surface area contributed by atoms with Gasteiger partial charge in [0.2, 0.25) is 5.91 Å². The van der Waals surface area contributed by atoms with Crippen molar-refractivity contribution in [2.24, 2.45) is 0 Å². The summed E-state index contributed by atoms with van der Waals surface area (Å²) in [4.78, 5) is 17.4. The Hall–Kier alpha value is -3.13. The minimum absolute atomic E-state index is 0.165. The van der Waals surface area contributed by atoms with Crippen molar-refractivity contribution in [3.8, 4) is 0 Å². The van der Waals surface area contributed by atoms with Crippen LogP contribution in [-0.2, 0) is 11.2 Å². The van der Waals surface area contributed by atoms with Crippen molar-refractivity contribution in [2.75, 3.05) is 5.32 Å². The summed E-state index contributed by atoms with van der Waals surface area (Å²) in [5, 5.41) is 15.2. The quantitative estimate of drug-likeness (QED) is 0.588. The Morgan fingerprint density at radius 1 is 1.23 bits per heavy atom. The highest BCUT2D eigenvalue weighted by atomic mass is 32.1. The van der Waals surface area contributed by atoms with Crippen molar-refractivity contribution in [3.05, 3.63) is 65.4 Å². The van der Waals surface area contributed by atoms with Gasteiger partial charge in [-0.2, -0.15) is 0 Å². The lowest BCUT2D eigenvalue weighted by Gasteiger charge is -2.16. The molecule has 2 aromatic heterocycles. The van der Waals surface area contributed by atoms with Crippen molar-refractivity contribution >= 4 is 33.1 Å². The molecule has 4 rings (SSSR count). The number of anilines is 1. The molecule has 0 radical (unpaired) electrons. The number of amides is 1. The largest absolute Gasteiger partial charge is 0.324 e. The van der Waals surface area contributed by atoms with Crippen molar-refractivity contribution in [1.29, 1.82) is 0 Å². The first-order valence-electron chi connectivity index (χ1n) is 8.13. The molecule has 0 bridgehead atoms. The van der Waals surface area contributed by atoms with Crippen molar-refractivity contribution in [1.82, 2.24) is 25.2 Å². The normalized spacial score (nSPS) is 12.2. The second kappa shape index (κ2) is 7.01. The molecule has 1 unspecified atom stereocenters. The van der Waals surface area contributed by atoms with Crippen LogP contribution < -0.4 is 5.32 Å². The van der Waals surface area contributed by atoms with Gasteiger partial charge in [-0.25, -0.2) is 9.67 Å². The van der Waals surface area contributed by atoms with Crippen LogP contribution in [0.25, 0.3) is 10.2 Å². The molecule has 0 aliphatic rings. The van der Waals surface area contributed by atoms with Gasteiger partial charge in [0, 0.05) is 12.1 Å². The summed E-state index contributed by atoms with van der Waals surface area (Å²) in [7, 11) is 0. The first-order chi connectivity index (χ1) is 12.7. The van der Waals surface area contributed by atoms with E-state index >= 15 is 0 Å². The number of aryl methyl sites for hydroxylation is 1. The molecule has 0 saturated heterocycles. The van der Waals surface area contributed by atoms with E-state index in [2.05, 4.69) is 25.8 Å². The Morgan fingerprint density at radius 3 is 2.85 bits per heavy atom. The standard InChI is InChI=1S/C18H16N6OS/c1-12-20-15-8-7-14(10-17(15)26-12)21-18(25)16(24-11-19-22-23-24)9-13-5-3-2-4-6-13/h2-8,10-11,16H,9H2,1H3,(H,21,25). The Balaban J connectivity index is 1.59. The van der Waals surface area contributed by atoms with E-state index in [4.69, 9.17) is 0 Å². The molecule has 1 amide bonds. The number of carbonyl (C=O) groups is 1. The topological polar surface area (TPSA) is 85.6 Å². The Labute approximate surface area is 153 Å². The molecule has 1 atom stereocenters. The molecule has 0 aliphatic carbocycles. The lowest BCUT2D eigenvalue weighted by molar-refractivity contribution is -0.119. The van der Waals surface area contributed by atoms with Crippen molar-refractivity contribution < 1.29 is 4.79 Å². The number of carbonyl (C=O) groups excluding carboxylic acids is 1. The van der Waals surface area contributed by atoms with E-state index in [0.717, 1.165) is 26.5 Å². The number of benzene rings is 2. The van der Waals surface area contributed by atoms with E-state index in [0.29, 0.717) is 6.42 Å². The zero-order valence-electron chi connectivity index (χ0n) is 14.0. The third kappa shape index (κ3) is 3.45. The van der Waals surface area contributed by atoms with Crippen LogP contribution in [-0.4, -0.2) is 31.1 Å². The smallest absolute Gasteiger partial charge is 0.249 e. The zero-order chi connectivity index (χ0) is 17.9. The summed E-state index contributed by atoms with van der Waals surface area (Å²) in [6.07, 6.45) is 1.96. The Bertz CT molecular complexity index is 1030. The average Bonchev–Trinajstić information content (AvgIpc) is 3.29. The van der Waals surface area contributed by atoms with Gasteiger partial charge in [0.25, 0.3) is 0 Å². The number of fused-ring (bicyclic) bond motifs is 1. The third-order valence-corrected chi connectivity index (χ3v) is 4.96. The van der Waals surface area contributed by atoms with Crippen LogP contribution in [0, 0.1) is 6.92 Å². The maximum atomic E-state index is 12.9. The zero-order valence-corrected chi connectivity index (χ0v) is 14.8. The van der Waals surface area contributed by atoms with Crippen LogP contribution in [0.4, 0.5) is 5.69 Å². The van der Waals surface area contributed by atoms with Crippen molar-refractivity contribution in [3.63, 3.8) is 0 Å². The number of nitrogens with zero attached hydrogens (tertiary/aromatic N) is 5. The molecule has 7 nitrogen and oxygen atoms in total. The van der Waals surface area contributed by atoms with Crippen LogP contribution in [0.1, 0.15) is 16.6 Å². The average molecular weight is 364 g/mol. The minimum Gasteiger partial charge on any atom is -0.324 e. The molecular weight excluding hydrogens is 348 g/mol. The SMILES string of the molecule is Cc1nc2ccc(NC(=O)C(Cc3ccccc3)n3cnnn3)cc2s1. The fraction of sp³-hybridized carbons (Fsp3) is 0.167. The van der Waals surface area contributed by atoms with Crippen LogP contribution in [0.5, 0.6) is 0 Å². The number of hydrogen-bond acceptors (Lipinski definition) is 6. The highest BCUT2D eigenvalue weighted by Crippen LogP contribution is 2.25. The number of thiazole rings is 1. The van der Waals surface area contributed by atoms with E-state index in [-0.39, 0.29) is 5.91 Å². The summed E-state index contributed by atoms with van der Waals surface area (Å²) >= 11 is 1.60. The van der Waals surface area contributed by atoms with Gasteiger partial charge in [0.05, 0.1) is 15.2 Å². The van der Waals surface area contributed by atoms with Gasteiger partial charge in [0.15, 0.2) is 0 Å². The molecule has 0 spiro atoms. The number of aromatic nitrogens is 5. The fourth-order valence-corrected chi connectivity index (χ4v) is 3.66. The second-order valence-corrected chi connectivity index (χ2v) is 7.13. The van der Waals surface area contributed by atoms with Gasteiger partial charge in [-0.15, -0.1) is 16.4 Å². The molecule has 2 heterocycles. The fourth-order valence-electron chi connectivity index (χ4n) is 2.80. The number of tetrazole rings is 1. The summed E-state index contributed by atoms with van der Waals surface area (Å²) in [5.74, 6) is -0.165. The molecular formula is C18H16N6OS. The van der Waals surface area contributed by atoms with E-state index in [9.17, 15) is 4.79 Å². The summed E-state index contributed by atoms with van der Waals surface area (Å²) < 4.78 is 2.53. The highest BCUT2D eigenvalue weighted by molar-refractivity contribution is 7.18. The lowest BCUT2D eigenvalue weighted by Crippen LogP contribution is -2.28. The van der Waals surface area contributed by atoms with Crippen LogP contribution in [0.2, 0.25) is 0 Å². The molecule has 0 aliphatic heterocycles. The van der Waals surface area contributed by atoms with E-state index < -0.39 is 6.04 Å². The van der Waals surface area contributed by atoms with Gasteiger partial charge >= 0.3 is 0 Å². The monoisotopic (exact) mass is 364 g/mol. The van der Waals surface area contributed by atoms with Gasteiger partial charge in [0.1, 0.15) is 12.4 Å². The number of rotatable bonds is 5. The highest BCUT2D eigenvalue weighted by Gasteiger charge is 2.22. The first-order valence-corrected chi connectivity index (χ1v) is 8.95. The van der Waals surface area contributed by atoms with Crippen LogP contribution >= 0.6 is 11.3 Å². The third-order valence-electron chi connectivity index (χ3n) is 4.02. The van der Waals surface area contributed by atoms with E-state index in [1.165, 1.54) is 11.0 Å². The second-order valence-electron chi connectivity index (χ2n) is 5.90. The van der Waals surface area contributed by atoms with Gasteiger partial charge < -0.3 is 5.32 Å². The summed E-state index contributed by atoms with van der Waals surface area (Å²) in [5.41, 5.74) is 2.71. The van der Waals surface area contributed by atoms with E-state index in [1.807, 2.05) is 55.5 Å². The van der Waals surface area contributed by atoms with Gasteiger partial charge in [-0.3, -0.25) is 4.79 Å². The number of nitrogens with one attached hydrogen (secondary N) is 1. The predicted octanol–water partition coefficient (Wildman–Crippen LogP) is 3.01. The van der Waals surface area contributed by atoms with Crippen LogP contribution in [0.15, 0.2) is 54.9 Å². The number of hydrogen-bond donors (Lipinski definition) is 1. The predicted molar refractivity (Wildman–Crippen MR) is 100.0 cm³/mol.